The number of benzene rings is 1. The topological polar surface area (TPSA) is 41.6 Å². The van der Waals surface area contributed by atoms with Crippen molar-refractivity contribution in [3.05, 3.63) is 29.8 Å². The Bertz CT molecular complexity index is 495. The average Bonchev–Trinajstić information content (AvgIpc) is 2.78. The van der Waals surface area contributed by atoms with Gasteiger partial charge in [0.1, 0.15) is 5.75 Å². The van der Waals surface area contributed by atoms with Gasteiger partial charge in [-0.05, 0) is 44.4 Å². The molecule has 1 aromatic rings. The summed E-state index contributed by atoms with van der Waals surface area (Å²) in [5, 5.41) is 3.60. The highest BCUT2D eigenvalue weighted by molar-refractivity contribution is 5.94. The van der Waals surface area contributed by atoms with Crippen molar-refractivity contribution in [1.82, 2.24) is 10.2 Å². The summed E-state index contributed by atoms with van der Waals surface area (Å²) < 4.78 is 5.47. The van der Waals surface area contributed by atoms with Crippen LogP contribution in [-0.2, 0) is 0 Å². The molecule has 21 heavy (non-hydrogen) atoms. The maximum atomic E-state index is 12.6. The zero-order valence-corrected chi connectivity index (χ0v) is 13.2. The molecule has 0 radical (unpaired) electrons. The highest BCUT2D eigenvalue weighted by atomic mass is 35.5. The Morgan fingerprint density at radius 1 is 1.33 bits per heavy atom. The van der Waals surface area contributed by atoms with Crippen molar-refractivity contribution in [2.24, 2.45) is 0 Å². The number of halogens is 1. The fraction of sp³-hybridized carbons (Fsp3) is 0.562. The number of amides is 1. The smallest absolute Gasteiger partial charge is 0.254 e. The summed E-state index contributed by atoms with van der Waals surface area (Å²) in [5.41, 5.74) is 0.730. The molecule has 2 atom stereocenters. The van der Waals surface area contributed by atoms with Crippen molar-refractivity contribution < 1.29 is 9.53 Å². The lowest BCUT2D eigenvalue weighted by atomic mass is 10.1. The van der Waals surface area contributed by atoms with Crippen LogP contribution in [0.4, 0.5) is 0 Å². The van der Waals surface area contributed by atoms with Gasteiger partial charge in [-0.3, -0.25) is 4.79 Å². The third-order valence-electron chi connectivity index (χ3n) is 4.20. The number of hydrogen-bond acceptors (Lipinski definition) is 3. The van der Waals surface area contributed by atoms with Gasteiger partial charge in [0.2, 0.25) is 0 Å². The molecule has 1 N–H and O–H groups in total. The number of rotatable bonds is 3. The van der Waals surface area contributed by atoms with Crippen molar-refractivity contribution in [2.75, 3.05) is 19.7 Å². The molecule has 5 heteroatoms. The number of hydrogen-bond donors (Lipinski definition) is 1. The summed E-state index contributed by atoms with van der Waals surface area (Å²) in [6, 6.07) is 8.59. The minimum atomic E-state index is 0. The number of nitrogens with zero attached hydrogens (tertiary/aromatic N) is 1. The Labute approximate surface area is 132 Å². The predicted octanol–water partition coefficient (Wildman–Crippen LogP) is 2.47. The lowest BCUT2D eigenvalue weighted by Gasteiger charge is -2.24. The standard InChI is InChI=1S/C16H22N2O2.ClH/c1-2-20-15-5-3-4-12(10-15)16(19)18-9-8-13-6-7-14(11-18)17-13;/h3-5,10,13-14,17H,2,6-9,11H2,1H3;1H. The van der Waals surface area contributed by atoms with E-state index in [2.05, 4.69) is 5.32 Å². The number of likely N-dealkylation sites (tertiary alicyclic amines) is 1. The molecule has 2 fully saturated rings. The molecule has 2 aliphatic heterocycles. The Morgan fingerprint density at radius 2 is 2.14 bits per heavy atom. The molecule has 1 amide bonds. The maximum absolute atomic E-state index is 12.6. The Kier molecular flexibility index (Phi) is 5.48. The monoisotopic (exact) mass is 310 g/mol. The molecular weight excluding hydrogens is 288 g/mol. The Balaban J connectivity index is 0.00000161. The van der Waals surface area contributed by atoms with E-state index in [9.17, 15) is 4.79 Å². The molecule has 2 bridgehead atoms. The summed E-state index contributed by atoms with van der Waals surface area (Å²) in [5.74, 6) is 0.897. The molecule has 0 aromatic heterocycles. The zero-order chi connectivity index (χ0) is 13.9. The number of nitrogens with one attached hydrogen (secondary N) is 1. The highest BCUT2D eigenvalue weighted by Gasteiger charge is 2.31. The van der Waals surface area contributed by atoms with Crippen molar-refractivity contribution in [1.29, 1.82) is 0 Å². The van der Waals surface area contributed by atoms with Crippen LogP contribution in [0.15, 0.2) is 24.3 Å². The fourth-order valence-electron chi connectivity index (χ4n) is 3.20. The number of carbonyl (C=O) groups excluding carboxylic acids is 1. The van der Waals surface area contributed by atoms with E-state index in [1.54, 1.807) is 0 Å². The van der Waals surface area contributed by atoms with Gasteiger partial charge in [0, 0.05) is 30.7 Å². The second kappa shape index (κ2) is 7.14. The fourth-order valence-corrected chi connectivity index (χ4v) is 3.20. The van der Waals surface area contributed by atoms with E-state index in [1.807, 2.05) is 36.1 Å². The molecule has 2 aliphatic rings. The Morgan fingerprint density at radius 3 is 2.95 bits per heavy atom. The third kappa shape index (κ3) is 3.69. The number of ether oxygens (including phenoxy) is 1. The largest absolute Gasteiger partial charge is 0.494 e. The first-order valence-corrected chi connectivity index (χ1v) is 7.54. The van der Waals surface area contributed by atoms with E-state index in [1.165, 1.54) is 12.8 Å². The predicted molar refractivity (Wildman–Crippen MR) is 85.3 cm³/mol. The van der Waals surface area contributed by atoms with Gasteiger partial charge in [0.15, 0.2) is 0 Å². The van der Waals surface area contributed by atoms with Crippen LogP contribution >= 0.6 is 12.4 Å². The minimum absolute atomic E-state index is 0. The summed E-state index contributed by atoms with van der Waals surface area (Å²) in [7, 11) is 0. The molecule has 0 saturated carbocycles. The average molecular weight is 311 g/mol. The van der Waals surface area contributed by atoms with E-state index >= 15 is 0 Å². The molecule has 4 nitrogen and oxygen atoms in total. The second-order valence-electron chi connectivity index (χ2n) is 5.64. The van der Waals surface area contributed by atoms with Gasteiger partial charge in [-0.25, -0.2) is 0 Å². The van der Waals surface area contributed by atoms with Gasteiger partial charge in [0.05, 0.1) is 6.61 Å². The summed E-state index contributed by atoms with van der Waals surface area (Å²) >= 11 is 0. The van der Waals surface area contributed by atoms with Crippen molar-refractivity contribution in [2.45, 2.75) is 38.3 Å². The maximum Gasteiger partial charge on any atom is 0.254 e. The first kappa shape index (κ1) is 16.1. The van der Waals surface area contributed by atoms with E-state index in [0.717, 1.165) is 30.8 Å². The van der Waals surface area contributed by atoms with Gasteiger partial charge in [-0.2, -0.15) is 0 Å². The molecule has 2 heterocycles. The van der Waals surface area contributed by atoms with Crippen LogP contribution in [0.2, 0.25) is 0 Å². The van der Waals surface area contributed by atoms with E-state index < -0.39 is 0 Å². The van der Waals surface area contributed by atoms with Gasteiger partial charge in [-0.15, -0.1) is 12.4 Å². The minimum Gasteiger partial charge on any atom is -0.494 e. The first-order chi connectivity index (χ1) is 9.76. The van der Waals surface area contributed by atoms with Crippen molar-refractivity contribution >= 4 is 18.3 Å². The third-order valence-corrected chi connectivity index (χ3v) is 4.20. The van der Waals surface area contributed by atoms with Gasteiger partial charge >= 0.3 is 0 Å². The van der Waals surface area contributed by atoms with Crippen LogP contribution < -0.4 is 10.1 Å². The van der Waals surface area contributed by atoms with Crippen molar-refractivity contribution in [3.63, 3.8) is 0 Å². The van der Waals surface area contributed by atoms with Crippen LogP contribution in [0.5, 0.6) is 5.75 Å². The molecule has 116 valence electrons. The number of carbonyl (C=O) groups is 1. The molecule has 2 unspecified atom stereocenters. The molecule has 0 spiro atoms. The summed E-state index contributed by atoms with van der Waals surface area (Å²) in [6.45, 7) is 4.25. The van der Waals surface area contributed by atoms with Crippen LogP contribution in [0.3, 0.4) is 0 Å². The second-order valence-corrected chi connectivity index (χ2v) is 5.64. The lowest BCUT2D eigenvalue weighted by molar-refractivity contribution is 0.0747. The SMILES string of the molecule is CCOc1cccc(C(=O)N2CCC3CCC(C2)N3)c1.Cl. The van der Waals surface area contributed by atoms with Crippen LogP contribution in [0.25, 0.3) is 0 Å². The van der Waals surface area contributed by atoms with E-state index in [0.29, 0.717) is 18.7 Å². The highest BCUT2D eigenvalue weighted by Crippen LogP contribution is 2.22. The van der Waals surface area contributed by atoms with E-state index in [-0.39, 0.29) is 18.3 Å². The quantitative estimate of drug-likeness (QED) is 0.932. The van der Waals surface area contributed by atoms with Gasteiger partial charge < -0.3 is 15.0 Å². The lowest BCUT2D eigenvalue weighted by Crippen LogP contribution is -2.39. The van der Waals surface area contributed by atoms with Crippen LogP contribution in [0.1, 0.15) is 36.5 Å². The Hall–Kier alpha value is -1.26. The number of fused-ring (bicyclic) bond motifs is 2. The molecule has 2 saturated heterocycles. The molecule has 3 rings (SSSR count). The summed E-state index contributed by atoms with van der Waals surface area (Å²) in [6.07, 6.45) is 3.51. The normalized spacial score (nSPS) is 24.1. The van der Waals surface area contributed by atoms with Crippen molar-refractivity contribution in [3.8, 4) is 5.75 Å². The van der Waals surface area contributed by atoms with Gasteiger partial charge in [0.25, 0.3) is 5.91 Å². The van der Waals surface area contributed by atoms with Crippen LogP contribution in [0, 0.1) is 0 Å². The summed E-state index contributed by atoms with van der Waals surface area (Å²) in [4.78, 5) is 14.6. The molecular formula is C16H23ClN2O2. The molecule has 1 aromatic carbocycles. The van der Waals surface area contributed by atoms with E-state index in [4.69, 9.17) is 4.74 Å². The zero-order valence-electron chi connectivity index (χ0n) is 12.4. The first-order valence-electron chi connectivity index (χ1n) is 7.54. The van der Waals surface area contributed by atoms with Gasteiger partial charge in [-0.1, -0.05) is 6.07 Å². The van der Waals surface area contributed by atoms with Crippen LogP contribution in [-0.4, -0.2) is 42.6 Å². The molecule has 0 aliphatic carbocycles.